The topological polar surface area (TPSA) is 18.5 Å². The van der Waals surface area contributed by atoms with Gasteiger partial charge in [0, 0.05) is 12.3 Å². The second-order valence-electron chi connectivity index (χ2n) is 8.87. The molecule has 0 spiro atoms. The Bertz CT molecular complexity index is 813. The summed E-state index contributed by atoms with van der Waals surface area (Å²) in [7, 11) is 0. The first kappa shape index (κ1) is 21.4. The smallest absolute Gasteiger partial charge is 0.194 e. The van der Waals surface area contributed by atoms with Crippen LogP contribution in [-0.2, 0) is 15.9 Å². The molecule has 0 aromatic heterocycles. The van der Waals surface area contributed by atoms with Crippen LogP contribution < -0.4 is 0 Å². The number of hydrogen-bond donors (Lipinski definition) is 0. The second kappa shape index (κ2) is 9.52. The molecule has 0 bridgehead atoms. The quantitative estimate of drug-likeness (QED) is 0.515. The normalized spacial score (nSPS) is 27.2. The van der Waals surface area contributed by atoms with E-state index < -0.39 is 17.5 Å². The van der Waals surface area contributed by atoms with Gasteiger partial charge in [-0.05, 0) is 59.9 Å². The van der Waals surface area contributed by atoms with Gasteiger partial charge in [-0.25, -0.2) is 13.2 Å². The lowest BCUT2D eigenvalue weighted by Gasteiger charge is -2.37. The van der Waals surface area contributed by atoms with Gasteiger partial charge in [0.25, 0.3) is 0 Å². The Labute approximate surface area is 176 Å². The number of halogens is 3. The lowest BCUT2D eigenvalue weighted by Crippen LogP contribution is -2.37. The Morgan fingerprint density at radius 2 is 1.40 bits per heavy atom. The van der Waals surface area contributed by atoms with Crippen LogP contribution in [0.15, 0.2) is 36.4 Å². The summed E-state index contributed by atoms with van der Waals surface area (Å²) in [5, 5.41) is 0. The third-order valence-corrected chi connectivity index (χ3v) is 6.66. The maximum Gasteiger partial charge on any atom is 0.194 e. The van der Waals surface area contributed by atoms with Crippen molar-refractivity contribution in [3.05, 3.63) is 59.4 Å². The van der Waals surface area contributed by atoms with E-state index in [0.717, 1.165) is 55.6 Å². The minimum atomic E-state index is -1.44. The molecule has 1 aliphatic carbocycles. The SMILES string of the molecule is CC1CCC(C2COC(CCc3ccc(-c4cc(F)c(F)c(F)c4)cc3)OC2)CC1. The van der Waals surface area contributed by atoms with Gasteiger partial charge < -0.3 is 9.47 Å². The van der Waals surface area contributed by atoms with E-state index in [4.69, 9.17) is 9.47 Å². The molecule has 1 saturated carbocycles. The standard InChI is InChI=1S/C25H29F3O2/c1-16-2-7-19(8-3-16)21-14-29-24(30-15-21)11-6-17-4-9-18(10-5-17)20-12-22(26)25(28)23(27)13-20/h4-5,9-10,12-13,16,19,21,24H,2-3,6-8,11,14-15H2,1H3. The van der Waals surface area contributed by atoms with E-state index in [2.05, 4.69) is 6.92 Å². The Morgan fingerprint density at radius 3 is 2.00 bits per heavy atom. The third-order valence-electron chi connectivity index (χ3n) is 6.66. The summed E-state index contributed by atoms with van der Waals surface area (Å²) < 4.78 is 52.0. The fourth-order valence-electron chi connectivity index (χ4n) is 4.62. The first-order valence-corrected chi connectivity index (χ1v) is 11.0. The van der Waals surface area contributed by atoms with Crippen molar-refractivity contribution in [3.63, 3.8) is 0 Å². The molecule has 2 aliphatic rings. The van der Waals surface area contributed by atoms with Gasteiger partial charge in [-0.3, -0.25) is 0 Å². The van der Waals surface area contributed by atoms with Crippen molar-refractivity contribution in [1.82, 2.24) is 0 Å². The number of benzene rings is 2. The van der Waals surface area contributed by atoms with Gasteiger partial charge in [0.1, 0.15) is 0 Å². The van der Waals surface area contributed by atoms with Gasteiger partial charge in [-0.2, -0.15) is 0 Å². The van der Waals surface area contributed by atoms with Crippen LogP contribution in [0.2, 0.25) is 0 Å². The fraction of sp³-hybridized carbons (Fsp3) is 0.520. The summed E-state index contributed by atoms with van der Waals surface area (Å²) in [6.45, 7) is 3.90. The summed E-state index contributed by atoms with van der Waals surface area (Å²) >= 11 is 0. The minimum Gasteiger partial charge on any atom is -0.352 e. The van der Waals surface area contributed by atoms with Crippen molar-refractivity contribution in [2.75, 3.05) is 13.2 Å². The molecule has 0 atom stereocenters. The van der Waals surface area contributed by atoms with Crippen LogP contribution in [-0.4, -0.2) is 19.5 Å². The largest absolute Gasteiger partial charge is 0.352 e. The highest BCUT2D eigenvalue weighted by Gasteiger charge is 2.30. The van der Waals surface area contributed by atoms with Crippen molar-refractivity contribution in [3.8, 4) is 11.1 Å². The van der Waals surface area contributed by atoms with Crippen LogP contribution in [0.3, 0.4) is 0 Å². The summed E-state index contributed by atoms with van der Waals surface area (Å²) in [5.74, 6) is -1.70. The molecule has 1 aliphatic heterocycles. The molecule has 1 saturated heterocycles. The number of aryl methyl sites for hydroxylation is 1. The molecule has 0 N–H and O–H groups in total. The minimum absolute atomic E-state index is 0.177. The van der Waals surface area contributed by atoms with E-state index >= 15 is 0 Å². The molecule has 2 fully saturated rings. The maximum absolute atomic E-state index is 13.5. The van der Waals surface area contributed by atoms with Crippen molar-refractivity contribution < 1.29 is 22.6 Å². The highest BCUT2D eigenvalue weighted by molar-refractivity contribution is 5.63. The van der Waals surface area contributed by atoms with Gasteiger partial charge in [-0.15, -0.1) is 0 Å². The first-order valence-electron chi connectivity index (χ1n) is 11.0. The molecular weight excluding hydrogens is 389 g/mol. The van der Waals surface area contributed by atoms with E-state index in [1.807, 2.05) is 12.1 Å². The lowest BCUT2D eigenvalue weighted by molar-refractivity contribution is -0.212. The predicted molar refractivity (Wildman–Crippen MR) is 110 cm³/mol. The molecule has 0 unspecified atom stereocenters. The maximum atomic E-state index is 13.5. The lowest BCUT2D eigenvalue weighted by atomic mass is 9.76. The zero-order valence-electron chi connectivity index (χ0n) is 17.4. The predicted octanol–water partition coefficient (Wildman–Crippen LogP) is 6.52. The summed E-state index contributed by atoms with van der Waals surface area (Å²) in [6, 6.07) is 9.46. The van der Waals surface area contributed by atoms with Crippen molar-refractivity contribution >= 4 is 0 Å². The number of ether oxygens (including phenoxy) is 2. The van der Waals surface area contributed by atoms with Gasteiger partial charge in [0.2, 0.25) is 0 Å². The van der Waals surface area contributed by atoms with E-state index in [9.17, 15) is 13.2 Å². The molecule has 0 amide bonds. The van der Waals surface area contributed by atoms with Crippen LogP contribution in [0.5, 0.6) is 0 Å². The van der Waals surface area contributed by atoms with Crippen LogP contribution in [0.1, 0.15) is 44.6 Å². The van der Waals surface area contributed by atoms with Crippen LogP contribution in [0, 0.1) is 35.2 Å². The first-order chi connectivity index (χ1) is 14.5. The highest BCUT2D eigenvalue weighted by atomic mass is 19.2. The van der Waals surface area contributed by atoms with Crippen LogP contribution in [0.25, 0.3) is 11.1 Å². The Kier molecular flexibility index (Phi) is 6.79. The molecule has 2 aromatic rings. The Hall–Kier alpha value is -1.85. The highest BCUT2D eigenvalue weighted by Crippen LogP contribution is 2.35. The summed E-state index contributed by atoms with van der Waals surface area (Å²) in [6.07, 6.45) is 6.60. The second-order valence-corrected chi connectivity index (χ2v) is 8.87. The number of hydrogen-bond acceptors (Lipinski definition) is 2. The van der Waals surface area contributed by atoms with E-state index in [-0.39, 0.29) is 6.29 Å². The average molecular weight is 418 g/mol. The zero-order chi connectivity index (χ0) is 21.1. The van der Waals surface area contributed by atoms with Gasteiger partial charge >= 0.3 is 0 Å². The van der Waals surface area contributed by atoms with Crippen molar-refractivity contribution in [2.45, 2.75) is 51.7 Å². The van der Waals surface area contributed by atoms with Crippen molar-refractivity contribution in [2.24, 2.45) is 17.8 Å². The molecule has 4 rings (SSSR count). The summed E-state index contributed by atoms with van der Waals surface area (Å²) in [5.41, 5.74) is 2.06. The molecular formula is C25H29F3O2. The van der Waals surface area contributed by atoms with Gasteiger partial charge in [-0.1, -0.05) is 44.0 Å². The molecule has 2 aromatic carbocycles. The van der Waals surface area contributed by atoms with Gasteiger partial charge in [0.15, 0.2) is 23.7 Å². The van der Waals surface area contributed by atoms with E-state index in [1.165, 1.54) is 25.7 Å². The molecule has 2 nitrogen and oxygen atoms in total. The number of rotatable bonds is 5. The Morgan fingerprint density at radius 1 is 0.800 bits per heavy atom. The molecule has 162 valence electrons. The van der Waals surface area contributed by atoms with Crippen LogP contribution in [0.4, 0.5) is 13.2 Å². The molecule has 30 heavy (non-hydrogen) atoms. The fourth-order valence-corrected chi connectivity index (χ4v) is 4.62. The van der Waals surface area contributed by atoms with Crippen LogP contribution >= 0.6 is 0 Å². The average Bonchev–Trinajstić information content (AvgIpc) is 2.77. The third kappa shape index (κ3) is 5.06. The monoisotopic (exact) mass is 418 g/mol. The molecule has 1 heterocycles. The van der Waals surface area contributed by atoms with Crippen molar-refractivity contribution in [1.29, 1.82) is 0 Å². The molecule has 5 heteroatoms. The van der Waals surface area contributed by atoms with E-state index in [1.54, 1.807) is 12.1 Å². The van der Waals surface area contributed by atoms with E-state index in [0.29, 0.717) is 17.0 Å². The Balaban J connectivity index is 1.26. The summed E-state index contributed by atoms with van der Waals surface area (Å²) in [4.78, 5) is 0. The molecule has 0 radical (unpaired) electrons. The zero-order valence-corrected chi connectivity index (χ0v) is 17.4. The van der Waals surface area contributed by atoms with Gasteiger partial charge in [0.05, 0.1) is 13.2 Å².